The molecule has 0 spiro atoms. The van der Waals surface area contributed by atoms with Crippen molar-refractivity contribution in [2.45, 2.75) is 0 Å². The third-order valence-corrected chi connectivity index (χ3v) is 0.309. The predicted octanol–water partition coefficient (Wildman–Crippen LogP) is -0.488. The average molecular weight is 71.1 g/mol. The maximum atomic E-state index is 4.21. The number of nitrogens with one attached hydrogen (secondary N) is 1. The highest BCUT2D eigenvalue weighted by atomic mass is 16.8. The van der Waals surface area contributed by atoms with E-state index < -0.39 is 0 Å². The van der Waals surface area contributed by atoms with Gasteiger partial charge in [0, 0.05) is 6.20 Å². The van der Waals surface area contributed by atoms with Crippen molar-refractivity contribution in [3.05, 3.63) is 12.4 Å². The molecule has 0 amide bonds. The standard InChI is InChI=1S/C2H3N2O/c1-2-4-5-3-1/h1-3H. The largest absolute Gasteiger partial charge is 0.246 e. The fourth-order valence-corrected chi connectivity index (χ4v) is 0.152. The van der Waals surface area contributed by atoms with Crippen LogP contribution in [0.15, 0.2) is 12.4 Å². The zero-order valence-electron chi connectivity index (χ0n) is 2.51. The van der Waals surface area contributed by atoms with Crippen LogP contribution in [0.5, 0.6) is 0 Å². The van der Waals surface area contributed by atoms with E-state index in [-0.39, 0.29) is 0 Å². The van der Waals surface area contributed by atoms with E-state index in [0.717, 1.165) is 0 Å². The minimum absolute atomic E-state index is 1.53. The molecular formula is C2H3N2O. The molecule has 1 aliphatic rings. The molecule has 3 heteroatoms. The second-order valence-corrected chi connectivity index (χ2v) is 0.630. The topological polar surface area (TPSA) is 35.4 Å². The van der Waals surface area contributed by atoms with E-state index in [1.54, 1.807) is 6.20 Å². The molecular weight excluding hydrogens is 68.0 g/mol. The molecule has 27 valence electrons. The molecule has 0 unspecified atom stereocenters. The minimum atomic E-state index is 1.53. The molecule has 0 saturated carbocycles. The van der Waals surface area contributed by atoms with Crippen LogP contribution in [0, 0.1) is 0 Å². The van der Waals surface area contributed by atoms with Crippen molar-refractivity contribution < 1.29 is 4.94 Å². The van der Waals surface area contributed by atoms with Crippen molar-refractivity contribution in [2.75, 3.05) is 0 Å². The Bertz CT molecular complexity index is 45.6. The highest BCUT2D eigenvalue weighted by Crippen LogP contribution is 1.71. The van der Waals surface area contributed by atoms with Gasteiger partial charge in [-0.2, -0.15) is 0 Å². The van der Waals surface area contributed by atoms with Gasteiger partial charge in [0.1, 0.15) is 0 Å². The van der Waals surface area contributed by atoms with Crippen molar-refractivity contribution in [2.24, 2.45) is 0 Å². The van der Waals surface area contributed by atoms with E-state index >= 15 is 0 Å². The Hall–Kier alpha value is -0.700. The highest BCUT2D eigenvalue weighted by Gasteiger charge is 1.81. The van der Waals surface area contributed by atoms with Gasteiger partial charge in [0.2, 0.25) is 0 Å². The van der Waals surface area contributed by atoms with E-state index in [2.05, 4.69) is 15.9 Å². The minimum Gasteiger partial charge on any atom is -0.246 e. The number of hydroxylamine groups is 2. The molecule has 0 aliphatic carbocycles. The van der Waals surface area contributed by atoms with Gasteiger partial charge in [-0.15, -0.1) is 10.4 Å². The lowest BCUT2D eigenvalue weighted by atomic mass is 11.0. The second-order valence-electron chi connectivity index (χ2n) is 0.630. The fourth-order valence-electron chi connectivity index (χ4n) is 0.152. The number of nitrogens with zero attached hydrogens (tertiary/aromatic N) is 1. The van der Waals surface area contributed by atoms with Crippen LogP contribution in [0.4, 0.5) is 0 Å². The Morgan fingerprint density at radius 1 is 1.80 bits per heavy atom. The summed E-state index contributed by atoms with van der Waals surface area (Å²) in [5.41, 5.74) is 5.67. The van der Waals surface area contributed by atoms with E-state index in [1.807, 2.05) is 0 Å². The summed E-state index contributed by atoms with van der Waals surface area (Å²) in [6.45, 7) is 0. The summed E-state index contributed by atoms with van der Waals surface area (Å²) >= 11 is 0. The zero-order valence-corrected chi connectivity index (χ0v) is 2.51. The average Bonchev–Trinajstić information content (AvgIpc) is 1.76. The van der Waals surface area contributed by atoms with Crippen LogP contribution in [0.25, 0.3) is 0 Å². The third-order valence-electron chi connectivity index (χ3n) is 0.309. The highest BCUT2D eigenvalue weighted by molar-refractivity contribution is 4.72. The molecule has 0 aromatic heterocycles. The summed E-state index contributed by atoms with van der Waals surface area (Å²) in [7, 11) is 0. The normalized spacial score (nSPS) is 17.6. The van der Waals surface area contributed by atoms with Crippen molar-refractivity contribution in [1.29, 1.82) is 0 Å². The molecule has 1 radical (unpaired) electrons. The monoisotopic (exact) mass is 71.0 g/mol. The quantitative estimate of drug-likeness (QED) is 0.418. The van der Waals surface area contributed by atoms with Gasteiger partial charge in [0.25, 0.3) is 0 Å². The number of hydrogen-bond donors (Lipinski definition) is 1. The van der Waals surface area contributed by atoms with Gasteiger partial charge in [-0.05, 0) is 0 Å². The van der Waals surface area contributed by atoms with Gasteiger partial charge < -0.3 is 0 Å². The van der Waals surface area contributed by atoms with Crippen LogP contribution in [0.3, 0.4) is 0 Å². The van der Waals surface area contributed by atoms with E-state index in [1.165, 1.54) is 6.20 Å². The molecule has 1 heterocycles. The zero-order chi connectivity index (χ0) is 3.54. The summed E-state index contributed by atoms with van der Waals surface area (Å²) in [5, 5.41) is 0. The maximum Gasteiger partial charge on any atom is 0.0751 e. The maximum absolute atomic E-state index is 4.21. The van der Waals surface area contributed by atoms with E-state index in [4.69, 9.17) is 0 Å². The van der Waals surface area contributed by atoms with Crippen LogP contribution in [-0.4, -0.2) is 0 Å². The lowest BCUT2D eigenvalue weighted by Gasteiger charge is -1.79. The molecule has 5 heavy (non-hydrogen) atoms. The van der Waals surface area contributed by atoms with E-state index in [9.17, 15) is 0 Å². The van der Waals surface area contributed by atoms with Gasteiger partial charge in [-0.1, -0.05) is 0 Å². The molecule has 0 saturated heterocycles. The lowest BCUT2D eigenvalue weighted by Crippen LogP contribution is -2.00. The summed E-state index contributed by atoms with van der Waals surface area (Å²) in [6, 6.07) is 0. The third kappa shape index (κ3) is 0.302. The lowest BCUT2D eigenvalue weighted by molar-refractivity contribution is 0.0266. The number of rotatable bonds is 0. The predicted molar refractivity (Wildman–Crippen MR) is 15.5 cm³/mol. The van der Waals surface area contributed by atoms with Crippen molar-refractivity contribution >= 4 is 0 Å². The summed E-state index contributed by atoms with van der Waals surface area (Å²) < 4.78 is 0. The van der Waals surface area contributed by atoms with Crippen molar-refractivity contribution in [1.82, 2.24) is 11.0 Å². The molecule has 1 aliphatic heterocycles. The second kappa shape index (κ2) is 0.944. The van der Waals surface area contributed by atoms with Gasteiger partial charge in [-0.25, -0.2) is 5.48 Å². The van der Waals surface area contributed by atoms with Gasteiger partial charge in [0.15, 0.2) is 0 Å². The van der Waals surface area contributed by atoms with Crippen molar-refractivity contribution in [3.63, 3.8) is 0 Å². The Balaban J connectivity index is 2.32. The van der Waals surface area contributed by atoms with Gasteiger partial charge >= 0.3 is 0 Å². The van der Waals surface area contributed by atoms with Crippen molar-refractivity contribution in [3.8, 4) is 0 Å². The summed E-state index contributed by atoms with van der Waals surface area (Å²) in [5.74, 6) is 0. The molecule has 0 fully saturated rings. The summed E-state index contributed by atoms with van der Waals surface area (Å²) in [4.78, 5) is 4.21. The van der Waals surface area contributed by atoms with Gasteiger partial charge in [-0.3, -0.25) is 0 Å². The van der Waals surface area contributed by atoms with Crippen LogP contribution in [0.1, 0.15) is 0 Å². The Morgan fingerprint density at radius 2 is 2.80 bits per heavy atom. The van der Waals surface area contributed by atoms with Crippen LogP contribution in [0.2, 0.25) is 0 Å². The first-order valence-corrected chi connectivity index (χ1v) is 1.27. The first kappa shape index (κ1) is 2.53. The SMILES string of the molecule is C1=CNO[N]1. The molecule has 1 rings (SSSR count). The molecule has 3 nitrogen and oxygen atoms in total. The fraction of sp³-hybridized carbons (Fsp3) is 0. The Morgan fingerprint density at radius 3 is 3.00 bits per heavy atom. The molecule has 1 N–H and O–H groups in total. The van der Waals surface area contributed by atoms with Crippen LogP contribution < -0.4 is 11.0 Å². The summed E-state index contributed by atoms with van der Waals surface area (Å²) in [6.07, 6.45) is 3.12. The van der Waals surface area contributed by atoms with Crippen LogP contribution >= 0.6 is 0 Å². The van der Waals surface area contributed by atoms with E-state index in [0.29, 0.717) is 0 Å². The molecule has 0 aromatic carbocycles. The Labute approximate surface area is 29.5 Å². The smallest absolute Gasteiger partial charge is 0.0751 e. The Kier molecular flexibility index (Phi) is 0.478. The molecule has 0 atom stereocenters. The first-order valence-electron chi connectivity index (χ1n) is 1.27. The van der Waals surface area contributed by atoms with Crippen LogP contribution in [-0.2, 0) is 4.94 Å². The van der Waals surface area contributed by atoms with Gasteiger partial charge in [0.05, 0.1) is 6.20 Å². The first-order chi connectivity index (χ1) is 2.50. The molecule has 0 aromatic rings. The number of hydrogen-bond acceptors (Lipinski definition) is 2. The molecule has 0 bridgehead atoms.